The molecule has 1 amide bonds. The van der Waals surface area contributed by atoms with E-state index in [0.717, 1.165) is 24.3 Å². The van der Waals surface area contributed by atoms with E-state index in [2.05, 4.69) is 4.72 Å². The molecular weight excluding hydrogens is 399 g/mol. The van der Waals surface area contributed by atoms with Crippen LogP contribution in [0.15, 0.2) is 34.1 Å². The summed E-state index contributed by atoms with van der Waals surface area (Å²) in [6, 6.07) is 3.55. The van der Waals surface area contributed by atoms with E-state index in [4.69, 9.17) is 5.14 Å². The van der Waals surface area contributed by atoms with E-state index < -0.39 is 38.2 Å². The van der Waals surface area contributed by atoms with Crippen molar-refractivity contribution in [2.45, 2.75) is 34.9 Å². The molecule has 0 saturated carbocycles. The van der Waals surface area contributed by atoms with E-state index >= 15 is 0 Å². The Bertz CT molecular complexity index is 875. The molecule has 0 atom stereocenters. The Kier molecular flexibility index (Phi) is 5.66. The molecule has 0 bridgehead atoms. The molecule has 1 aliphatic rings. The number of piperidine rings is 1. The van der Waals surface area contributed by atoms with Crippen LogP contribution in [0.5, 0.6) is 0 Å². The van der Waals surface area contributed by atoms with Crippen molar-refractivity contribution in [3.05, 3.63) is 24.3 Å². The topological polar surface area (TPSA) is 127 Å². The molecule has 8 nitrogen and oxygen atoms in total. The molecule has 13 heteroatoms. The number of hydrogen-bond donors (Lipinski definition) is 2. The lowest BCUT2D eigenvalue weighted by Gasteiger charge is -2.32. The van der Waals surface area contributed by atoms with Gasteiger partial charge in [0.15, 0.2) is 0 Å². The average molecular weight is 415 g/mol. The fourth-order valence-corrected chi connectivity index (χ4v) is 4.30. The Balaban J connectivity index is 2.02. The van der Waals surface area contributed by atoms with Crippen molar-refractivity contribution in [1.29, 1.82) is 0 Å². The second-order valence-electron chi connectivity index (χ2n) is 5.70. The Morgan fingerprint density at radius 3 is 1.92 bits per heavy atom. The molecule has 3 N–H and O–H groups in total. The molecule has 0 aromatic heterocycles. The Morgan fingerprint density at radius 2 is 1.50 bits per heavy atom. The molecule has 0 unspecified atom stereocenters. The van der Waals surface area contributed by atoms with Gasteiger partial charge in [0.1, 0.15) is 0 Å². The monoisotopic (exact) mass is 415 g/mol. The van der Waals surface area contributed by atoms with Gasteiger partial charge >= 0.3 is 12.1 Å². The van der Waals surface area contributed by atoms with Gasteiger partial charge < -0.3 is 4.90 Å². The second kappa shape index (κ2) is 7.13. The first-order chi connectivity index (χ1) is 11.8. The summed E-state index contributed by atoms with van der Waals surface area (Å²) in [5, 5.41) is 4.93. The largest absolute Gasteiger partial charge is 0.471 e. The predicted octanol–water partition coefficient (Wildman–Crippen LogP) is 0.166. The summed E-state index contributed by atoms with van der Waals surface area (Å²) in [5.74, 6) is -1.95. The van der Waals surface area contributed by atoms with Crippen LogP contribution in [-0.2, 0) is 24.8 Å². The molecule has 146 valence electrons. The number of nitrogens with one attached hydrogen (secondary N) is 1. The first kappa shape index (κ1) is 20.6. The molecule has 26 heavy (non-hydrogen) atoms. The first-order valence-corrected chi connectivity index (χ1v) is 10.3. The zero-order valence-electron chi connectivity index (χ0n) is 13.2. The maximum atomic E-state index is 12.4. The third-order valence-electron chi connectivity index (χ3n) is 3.81. The van der Waals surface area contributed by atoms with Gasteiger partial charge in [0.2, 0.25) is 20.0 Å². The minimum absolute atomic E-state index is 0.0241. The molecule has 1 aromatic rings. The summed E-state index contributed by atoms with van der Waals surface area (Å²) in [4.78, 5) is 11.3. The van der Waals surface area contributed by atoms with E-state index in [1.807, 2.05) is 0 Å². The Labute approximate surface area is 148 Å². The normalized spacial score (nSPS) is 17.3. The summed E-state index contributed by atoms with van der Waals surface area (Å²) in [6.07, 6.45) is -4.91. The van der Waals surface area contributed by atoms with E-state index in [1.54, 1.807) is 0 Å². The van der Waals surface area contributed by atoms with Crippen molar-refractivity contribution in [3.63, 3.8) is 0 Å². The maximum Gasteiger partial charge on any atom is 0.471 e. The van der Waals surface area contributed by atoms with Crippen LogP contribution >= 0.6 is 0 Å². The summed E-state index contributed by atoms with van der Waals surface area (Å²) < 4.78 is 86.4. The highest BCUT2D eigenvalue weighted by Gasteiger charge is 2.43. The number of sulfonamides is 2. The van der Waals surface area contributed by atoms with Crippen LogP contribution in [-0.4, -0.2) is 53.0 Å². The van der Waals surface area contributed by atoms with Gasteiger partial charge in [0.25, 0.3) is 0 Å². The van der Waals surface area contributed by atoms with Gasteiger partial charge in [-0.25, -0.2) is 26.7 Å². The fourth-order valence-electron chi connectivity index (χ4n) is 2.48. The Hall–Kier alpha value is -1.70. The number of nitrogens with two attached hydrogens (primary N) is 1. The van der Waals surface area contributed by atoms with Crippen LogP contribution in [0.1, 0.15) is 12.8 Å². The second-order valence-corrected chi connectivity index (χ2v) is 8.98. The number of nitrogens with zero attached hydrogens (tertiary/aromatic N) is 1. The highest BCUT2D eigenvalue weighted by atomic mass is 32.2. The van der Waals surface area contributed by atoms with Crippen molar-refractivity contribution < 1.29 is 34.8 Å². The van der Waals surface area contributed by atoms with Crippen molar-refractivity contribution in [2.24, 2.45) is 5.14 Å². The summed E-state index contributed by atoms with van der Waals surface area (Å²) in [5.41, 5.74) is 0. The van der Waals surface area contributed by atoms with Crippen LogP contribution in [0.3, 0.4) is 0 Å². The zero-order valence-corrected chi connectivity index (χ0v) is 14.9. The molecule has 1 aliphatic heterocycles. The van der Waals surface area contributed by atoms with Crippen molar-refractivity contribution in [1.82, 2.24) is 9.62 Å². The molecule has 0 spiro atoms. The van der Waals surface area contributed by atoms with Crippen LogP contribution in [0, 0.1) is 0 Å². The van der Waals surface area contributed by atoms with Crippen LogP contribution < -0.4 is 9.86 Å². The molecular formula is C13H16F3N3O5S2. The van der Waals surface area contributed by atoms with E-state index in [9.17, 15) is 34.8 Å². The highest BCUT2D eigenvalue weighted by molar-refractivity contribution is 7.89. The third-order valence-corrected chi connectivity index (χ3v) is 6.27. The highest BCUT2D eigenvalue weighted by Crippen LogP contribution is 2.22. The van der Waals surface area contributed by atoms with Gasteiger partial charge in [-0.3, -0.25) is 4.79 Å². The summed E-state index contributed by atoms with van der Waals surface area (Å²) >= 11 is 0. The number of alkyl halides is 3. The lowest BCUT2D eigenvalue weighted by molar-refractivity contribution is -0.186. The van der Waals surface area contributed by atoms with E-state index in [-0.39, 0.29) is 35.7 Å². The number of rotatable bonds is 4. The number of amides is 1. The SMILES string of the molecule is NS(=O)(=O)c1ccc(S(=O)(=O)NC2CCN(C(=O)C(F)(F)F)CC2)cc1. The third kappa shape index (κ3) is 4.93. The van der Waals surface area contributed by atoms with Gasteiger partial charge in [0, 0.05) is 19.1 Å². The van der Waals surface area contributed by atoms with E-state index in [0.29, 0.717) is 4.90 Å². The van der Waals surface area contributed by atoms with Crippen LogP contribution in [0.4, 0.5) is 13.2 Å². The lowest BCUT2D eigenvalue weighted by atomic mass is 10.1. The molecule has 0 aliphatic carbocycles. The van der Waals surface area contributed by atoms with E-state index in [1.165, 1.54) is 0 Å². The molecule has 1 saturated heterocycles. The van der Waals surface area contributed by atoms with Gasteiger partial charge in [-0.15, -0.1) is 0 Å². The minimum atomic E-state index is -4.96. The van der Waals surface area contributed by atoms with Crippen LogP contribution in [0.25, 0.3) is 0 Å². The number of likely N-dealkylation sites (tertiary alicyclic amines) is 1. The van der Waals surface area contributed by atoms with Gasteiger partial charge in [-0.1, -0.05) is 0 Å². The average Bonchev–Trinajstić information content (AvgIpc) is 2.53. The predicted molar refractivity (Wildman–Crippen MR) is 83.8 cm³/mol. The molecule has 1 aromatic carbocycles. The van der Waals surface area contributed by atoms with Gasteiger partial charge in [-0.05, 0) is 37.1 Å². The number of carbonyl (C=O) groups excluding carboxylic acids is 1. The number of halogens is 3. The lowest BCUT2D eigenvalue weighted by Crippen LogP contribution is -2.49. The first-order valence-electron chi connectivity index (χ1n) is 7.32. The standard InChI is InChI=1S/C13H16F3N3O5S2/c14-13(15,16)12(20)19-7-5-9(6-8-19)18-26(23,24)11-3-1-10(2-4-11)25(17,21)22/h1-4,9,18H,5-8H2,(H2,17,21,22). The van der Waals surface area contributed by atoms with Crippen molar-refractivity contribution in [3.8, 4) is 0 Å². The molecule has 0 radical (unpaired) electrons. The maximum absolute atomic E-state index is 12.4. The summed E-state index contributed by atoms with van der Waals surface area (Å²) in [7, 11) is -7.96. The number of benzene rings is 1. The minimum Gasteiger partial charge on any atom is -0.335 e. The molecule has 1 heterocycles. The van der Waals surface area contributed by atoms with Gasteiger partial charge in [-0.2, -0.15) is 13.2 Å². The number of hydrogen-bond acceptors (Lipinski definition) is 5. The molecule has 1 fully saturated rings. The van der Waals surface area contributed by atoms with Crippen molar-refractivity contribution in [2.75, 3.05) is 13.1 Å². The van der Waals surface area contributed by atoms with Crippen LogP contribution in [0.2, 0.25) is 0 Å². The van der Waals surface area contributed by atoms with Gasteiger partial charge in [0.05, 0.1) is 9.79 Å². The summed E-state index contributed by atoms with van der Waals surface area (Å²) in [6.45, 7) is -0.453. The number of carbonyl (C=O) groups is 1. The fraction of sp³-hybridized carbons (Fsp3) is 0.462. The quantitative estimate of drug-likeness (QED) is 0.725. The van der Waals surface area contributed by atoms with Crippen molar-refractivity contribution >= 4 is 26.0 Å². The smallest absolute Gasteiger partial charge is 0.335 e. The Morgan fingerprint density at radius 1 is 1.04 bits per heavy atom. The molecule has 2 rings (SSSR count). The zero-order chi connectivity index (χ0) is 19.8. The number of primary sulfonamides is 1.